The van der Waals surface area contributed by atoms with E-state index >= 15 is 0 Å². The van der Waals surface area contributed by atoms with Gasteiger partial charge in [-0.15, -0.1) is 13.2 Å². The molecule has 0 spiro atoms. The molecule has 0 N–H and O–H groups in total. The van der Waals surface area contributed by atoms with E-state index in [1.807, 2.05) is 6.08 Å². The van der Waals surface area contributed by atoms with Crippen molar-refractivity contribution in [1.82, 2.24) is 0 Å². The first-order chi connectivity index (χ1) is 8.18. The quantitative estimate of drug-likeness (QED) is 0.419. The highest BCUT2D eigenvalue weighted by Gasteiger charge is 2.16. The van der Waals surface area contributed by atoms with E-state index in [4.69, 9.17) is 0 Å². The maximum Gasteiger partial charge on any atom is -0.0175 e. The molecule has 0 saturated carbocycles. The summed E-state index contributed by atoms with van der Waals surface area (Å²) in [5, 5.41) is 0. The predicted octanol–water partition coefficient (Wildman–Crippen LogP) is 6.31. The minimum Gasteiger partial charge on any atom is -0.103 e. The topological polar surface area (TPSA) is 0 Å². The van der Waals surface area contributed by atoms with Gasteiger partial charge in [0.25, 0.3) is 0 Å². The minimum absolute atomic E-state index is 0.305. The van der Waals surface area contributed by atoms with E-state index < -0.39 is 0 Å². The summed E-state index contributed by atoms with van der Waals surface area (Å²) >= 11 is 0. The molecule has 0 heteroatoms. The standard InChI is InChI=1S/C18H32/c1-8-12-17(4,5)14-10-15-18(6,7)13-9-11-16(2)3/h8,10,15H,1-2,9,11-14H2,3-7H3. The van der Waals surface area contributed by atoms with E-state index in [1.54, 1.807) is 0 Å². The molecule has 0 unspecified atom stereocenters. The zero-order valence-electron chi connectivity index (χ0n) is 13.2. The van der Waals surface area contributed by atoms with E-state index in [9.17, 15) is 0 Å². The molecule has 0 saturated heterocycles. The number of allylic oxidation sites excluding steroid dienone is 4. The van der Waals surface area contributed by atoms with Crippen molar-refractivity contribution in [2.24, 2.45) is 10.8 Å². The van der Waals surface area contributed by atoms with Crippen molar-refractivity contribution in [2.45, 2.75) is 66.7 Å². The highest BCUT2D eigenvalue weighted by molar-refractivity contribution is 4.98. The van der Waals surface area contributed by atoms with Crippen LogP contribution in [0.5, 0.6) is 0 Å². The molecule has 0 atom stereocenters. The van der Waals surface area contributed by atoms with E-state index in [0.29, 0.717) is 10.8 Å². The fraction of sp³-hybridized carbons (Fsp3) is 0.667. The Morgan fingerprint density at radius 2 is 1.72 bits per heavy atom. The Balaban J connectivity index is 4.14. The highest BCUT2D eigenvalue weighted by atomic mass is 14.2. The third kappa shape index (κ3) is 9.27. The van der Waals surface area contributed by atoms with Crippen molar-refractivity contribution >= 4 is 0 Å². The van der Waals surface area contributed by atoms with Gasteiger partial charge in [-0.1, -0.05) is 51.5 Å². The maximum atomic E-state index is 3.96. The lowest BCUT2D eigenvalue weighted by Gasteiger charge is -2.23. The van der Waals surface area contributed by atoms with Crippen LogP contribution in [-0.2, 0) is 0 Å². The van der Waals surface area contributed by atoms with Gasteiger partial charge in [0.15, 0.2) is 0 Å². The second kappa shape index (κ2) is 7.61. The van der Waals surface area contributed by atoms with Gasteiger partial charge in [-0.05, 0) is 49.9 Å². The van der Waals surface area contributed by atoms with Crippen molar-refractivity contribution < 1.29 is 0 Å². The third-order valence-electron chi connectivity index (χ3n) is 3.36. The predicted molar refractivity (Wildman–Crippen MR) is 84.8 cm³/mol. The van der Waals surface area contributed by atoms with Gasteiger partial charge in [0, 0.05) is 0 Å². The van der Waals surface area contributed by atoms with E-state index in [0.717, 1.165) is 19.3 Å². The second-order valence-corrected chi connectivity index (χ2v) is 7.06. The molecule has 0 aliphatic rings. The first-order valence-corrected chi connectivity index (χ1v) is 7.11. The molecule has 0 heterocycles. The van der Waals surface area contributed by atoms with Crippen LogP contribution in [-0.4, -0.2) is 0 Å². The van der Waals surface area contributed by atoms with E-state index in [1.165, 1.54) is 18.4 Å². The molecule has 0 aliphatic heterocycles. The largest absolute Gasteiger partial charge is 0.103 e. The summed E-state index contributed by atoms with van der Waals surface area (Å²) in [6, 6.07) is 0. The minimum atomic E-state index is 0.305. The Bertz CT molecular complexity index is 289. The molecule has 104 valence electrons. The number of hydrogen-bond acceptors (Lipinski definition) is 0. The first kappa shape index (κ1) is 17.2. The van der Waals surface area contributed by atoms with Crippen LogP contribution in [0.2, 0.25) is 0 Å². The molecule has 0 radical (unpaired) electrons. The Morgan fingerprint density at radius 1 is 1.11 bits per heavy atom. The molecule has 0 fully saturated rings. The van der Waals surface area contributed by atoms with Crippen molar-refractivity contribution in [1.29, 1.82) is 0 Å². The van der Waals surface area contributed by atoms with Crippen molar-refractivity contribution in [3.05, 3.63) is 37.0 Å². The Morgan fingerprint density at radius 3 is 2.22 bits per heavy atom. The van der Waals surface area contributed by atoms with E-state index in [2.05, 4.69) is 59.9 Å². The highest BCUT2D eigenvalue weighted by Crippen LogP contribution is 2.29. The van der Waals surface area contributed by atoms with Gasteiger partial charge in [-0.2, -0.15) is 0 Å². The SMILES string of the molecule is C=CCC(C)(C)CC=CC(C)(C)CCCC(=C)C. The Hall–Kier alpha value is -0.780. The summed E-state index contributed by atoms with van der Waals surface area (Å²) in [4.78, 5) is 0. The molecule has 0 aliphatic carbocycles. The van der Waals surface area contributed by atoms with Crippen LogP contribution in [0.4, 0.5) is 0 Å². The summed E-state index contributed by atoms with van der Waals surface area (Å²) < 4.78 is 0. The van der Waals surface area contributed by atoms with Gasteiger partial charge in [0.05, 0.1) is 0 Å². The van der Waals surface area contributed by atoms with E-state index in [-0.39, 0.29) is 0 Å². The molecule has 0 aromatic rings. The van der Waals surface area contributed by atoms with Gasteiger partial charge >= 0.3 is 0 Å². The number of hydrogen-bond donors (Lipinski definition) is 0. The summed E-state index contributed by atoms with van der Waals surface area (Å²) in [6.07, 6.45) is 12.6. The monoisotopic (exact) mass is 248 g/mol. The molecule has 0 amide bonds. The van der Waals surface area contributed by atoms with Crippen LogP contribution in [0.15, 0.2) is 37.0 Å². The molecule has 0 nitrogen and oxygen atoms in total. The third-order valence-corrected chi connectivity index (χ3v) is 3.36. The van der Waals surface area contributed by atoms with Gasteiger partial charge in [0.1, 0.15) is 0 Å². The molecule has 0 bridgehead atoms. The van der Waals surface area contributed by atoms with Crippen molar-refractivity contribution in [2.75, 3.05) is 0 Å². The first-order valence-electron chi connectivity index (χ1n) is 7.11. The molecule has 18 heavy (non-hydrogen) atoms. The summed E-state index contributed by atoms with van der Waals surface area (Å²) in [5.74, 6) is 0. The summed E-state index contributed by atoms with van der Waals surface area (Å²) in [7, 11) is 0. The van der Waals surface area contributed by atoms with Crippen molar-refractivity contribution in [3.63, 3.8) is 0 Å². The molecule has 0 rings (SSSR count). The average molecular weight is 248 g/mol. The lowest BCUT2D eigenvalue weighted by atomic mass is 9.82. The van der Waals surface area contributed by atoms with Crippen LogP contribution in [0, 0.1) is 10.8 Å². The fourth-order valence-electron chi connectivity index (χ4n) is 2.10. The molecular weight excluding hydrogens is 216 g/mol. The van der Waals surface area contributed by atoms with Gasteiger partial charge in [0.2, 0.25) is 0 Å². The zero-order chi connectivity index (χ0) is 14.2. The fourth-order valence-corrected chi connectivity index (χ4v) is 2.10. The van der Waals surface area contributed by atoms with Crippen LogP contribution in [0.3, 0.4) is 0 Å². The summed E-state index contributed by atoms with van der Waals surface area (Å²) in [6.45, 7) is 19.1. The Kier molecular flexibility index (Phi) is 7.28. The average Bonchev–Trinajstić information content (AvgIpc) is 2.15. The van der Waals surface area contributed by atoms with Gasteiger partial charge in [-0.25, -0.2) is 0 Å². The van der Waals surface area contributed by atoms with Gasteiger partial charge < -0.3 is 0 Å². The van der Waals surface area contributed by atoms with Crippen molar-refractivity contribution in [3.8, 4) is 0 Å². The molecule has 0 aromatic carbocycles. The normalized spacial score (nSPS) is 12.9. The summed E-state index contributed by atoms with van der Waals surface area (Å²) in [5.41, 5.74) is 1.94. The van der Waals surface area contributed by atoms with Gasteiger partial charge in [-0.3, -0.25) is 0 Å². The number of rotatable bonds is 9. The zero-order valence-corrected chi connectivity index (χ0v) is 13.2. The van der Waals surface area contributed by atoms with Crippen LogP contribution < -0.4 is 0 Å². The lowest BCUT2D eigenvalue weighted by Crippen LogP contribution is -2.10. The van der Waals surface area contributed by atoms with Crippen LogP contribution in [0.25, 0.3) is 0 Å². The maximum absolute atomic E-state index is 3.96. The second-order valence-electron chi connectivity index (χ2n) is 7.06. The molecule has 0 aromatic heterocycles. The van der Waals surface area contributed by atoms with Crippen LogP contribution in [0.1, 0.15) is 66.7 Å². The Labute approximate surface area is 115 Å². The molecular formula is C18H32. The smallest absolute Gasteiger partial charge is 0.0175 e. The van der Waals surface area contributed by atoms with Crippen LogP contribution >= 0.6 is 0 Å². The lowest BCUT2D eigenvalue weighted by molar-refractivity contribution is 0.371.